The summed E-state index contributed by atoms with van der Waals surface area (Å²) in [5.74, 6) is -1.46. The molecule has 1 unspecified atom stereocenters. The number of carbonyl (C=O) groups is 3. The zero-order valence-corrected chi connectivity index (χ0v) is 19.7. The molecule has 2 amide bonds. The highest BCUT2D eigenvalue weighted by molar-refractivity contribution is 5.99. The van der Waals surface area contributed by atoms with Crippen LogP contribution >= 0.6 is 0 Å². The number of carboxylic acids is 1. The van der Waals surface area contributed by atoms with Gasteiger partial charge in [-0.15, -0.1) is 0 Å². The molecule has 4 rings (SSSR count). The Bertz CT molecular complexity index is 1210. The Balaban J connectivity index is 1.22. The third kappa shape index (κ3) is 5.51. The highest BCUT2D eigenvalue weighted by Crippen LogP contribution is 2.44. The molecule has 1 atom stereocenters. The van der Waals surface area contributed by atoms with Crippen LogP contribution in [0.25, 0.3) is 11.1 Å². The van der Waals surface area contributed by atoms with Crippen molar-refractivity contribution in [2.24, 2.45) is 13.0 Å². The number of carboxylic acid groups (broad SMARTS) is 1. The van der Waals surface area contributed by atoms with E-state index in [1.165, 1.54) is 22.0 Å². The Morgan fingerprint density at radius 3 is 2.34 bits per heavy atom. The average molecular weight is 477 g/mol. The van der Waals surface area contributed by atoms with Gasteiger partial charge in [-0.05, 0) is 34.6 Å². The fourth-order valence-corrected chi connectivity index (χ4v) is 4.32. The number of nitrogens with zero attached hydrogens (tertiary/aromatic N) is 2. The number of aromatic nitrogens is 2. The largest absolute Gasteiger partial charge is 0.477 e. The highest BCUT2D eigenvalue weighted by Gasteiger charge is 2.29. The van der Waals surface area contributed by atoms with Gasteiger partial charge < -0.3 is 20.5 Å². The molecule has 1 aromatic heterocycles. The van der Waals surface area contributed by atoms with Crippen LogP contribution in [0.5, 0.6) is 0 Å². The van der Waals surface area contributed by atoms with Crippen LogP contribution in [0, 0.1) is 5.92 Å². The van der Waals surface area contributed by atoms with Crippen molar-refractivity contribution >= 4 is 23.8 Å². The predicted molar refractivity (Wildman–Crippen MR) is 130 cm³/mol. The third-order valence-electron chi connectivity index (χ3n) is 6.12. The second-order valence-electron chi connectivity index (χ2n) is 8.77. The summed E-state index contributed by atoms with van der Waals surface area (Å²) in [6.07, 6.45) is 1.51. The van der Waals surface area contributed by atoms with Gasteiger partial charge in [0.1, 0.15) is 12.2 Å². The molecule has 182 valence electrons. The Labute approximate surface area is 203 Å². The number of anilines is 1. The molecule has 3 aromatic rings. The fraction of sp³-hybridized carbons (Fsp3) is 0.308. The van der Waals surface area contributed by atoms with Crippen molar-refractivity contribution in [3.05, 3.63) is 71.4 Å². The fourth-order valence-electron chi connectivity index (χ4n) is 4.32. The summed E-state index contributed by atoms with van der Waals surface area (Å²) in [6, 6.07) is 16.3. The van der Waals surface area contributed by atoms with Crippen molar-refractivity contribution in [3.8, 4) is 11.1 Å². The number of rotatable bonds is 9. The van der Waals surface area contributed by atoms with E-state index in [0.717, 1.165) is 11.1 Å². The number of hydrogen-bond donors (Lipinski definition) is 3. The quantitative estimate of drug-likeness (QED) is 0.429. The normalized spacial score (nSPS) is 13.0. The van der Waals surface area contributed by atoms with Gasteiger partial charge in [0.05, 0.1) is 0 Å². The van der Waals surface area contributed by atoms with Crippen molar-refractivity contribution < 1.29 is 24.2 Å². The number of alkyl carbamates (subject to hydrolysis) is 1. The molecule has 0 spiro atoms. The van der Waals surface area contributed by atoms with E-state index in [2.05, 4.69) is 40.0 Å². The van der Waals surface area contributed by atoms with E-state index in [1.54, 1.807) is 7.05 Å². The lowest BCUT2D eigenvalue weighted by Gasteiger charge is -2.16. The van der Waals surface area contributed by atoms with Crippen LogP contribution in [0.4, 0.5) is 10.6 Å². The summed E-state index contributed by atoms with van der Waals surface area (Å²) in [6.45, 7) is 2.51. The summed E-state index contributed by atoms with van der Waals surface area (Å²) >= 11 is 0. The second kappa shape index (κ2) is 10.4. The third-order valence-corrected chi connectivity index (χ3v) is 6.12. The standard InChI is InChI=1S/C26H28N4O5/c1-16(11-12-23(31)28-24-21(25(32)33)14-30(2)29-24)13-27-26(34)35-15-22-19-9-5-3-7-17(19)18-8-4-6-10-20(18)22/h3-10,14,16,22H,11-13,15H2,1-2H3,(H,27,34)(H,32,33)(H,28,29,31). The van der Waals surface area contributed by atoms with Gasteiger partial charge in [0.25, 0.3) is 0 Å². The minimum absolute atomic E-state index is 0.00319. The van der Waals surface area contributed by atoms with Gasteiger partial charge in [0.2, 0.25) is 5.91 Å². The topological polar surface area (TPSA) is 123 Å². The highest BCUT2D eigenvalue weighted by atomic mass is 16.5. The van der Waals surface area contributed by atoms with Crippen molar-refractivity contribution in [2.45, 2.75) is 25.7 Å². The van der Waals surface area contributed by atoms with Gasteiger partial charge in [-0.3, -0.25) is 9.48 Å². The number of ether oxygens (including phenoxy) is 1. The molecule has 0 radical (unpaired) electrons. The molecule has 0 saturated carbocycles. The number of fused-ring (bicyclic) bond motifs is 3. The van der Waals surface area contributed by atoms with Gasteiger partial charge >= 0.3 is 12.1 Å². The summed E-state index contributed by atoms with van der Waals surface area (Å²) in [5.41, 5.74) is 4.58. The van der Waals surface area contributed by atoms with Crippen LogP contribution in [0.1, 0.15) is 47.2 Å². The van der Waals surface area contributed by atoms with Crippen LogP contribution in [-0.2, 0) is 16.6 Å². The molecule has 2 aromatic carbocycles. The Kier molecular flexibility index (Phi) is 7.14. The minimum atomic E-state index is -1.16. The molecule has 0 saturated heterocycles. The van der Waals surface area contributed by atoms with E-state index in [4.69, 9.17) is 4.74 Å². The van der Waals surface area contributed by atoms with Gasteiger partial charge in [-0.1, -0.05) is 55.5 Å². The second-order valence-corrected chi connectivity index (χ2v) is 8.77. The lowest BCUT2D eigenvalue weighted by molar-refractivity contribution is -0.116. The first-order valence-corrected chi connectivity index (χ1v) is 11.5. The van der Waals surface area contributed by atoms with Crippen molar-refractivity contribution in [1.29, 1.82) is 0 Å². The summed E-state index contributed by atoms with van der Waals surface area (Å²) in [5, 5.41) is 18.5. The number of amides is 2. The summed E-state index contributed by atoms with van der Waals surface area (Å²) in [7, 11) is 1.58. The Morgan fingerprint density at radius 2 is 1.71 bits per heavy atom. The number of nitrogens with one attached hydrogen (secondary N) is 2. The molecular formula is C26H28N4O5. The minimum Gasteiger partial charge on any atom is -0.477 e. The van der Waals surface area contributed by atoms with E-state index in [0.29, 0.717) is 13.0 Å². The maximum absolute atomic E-state index is 12.3. The molecule has 3 N–H and O–H groups in total. The van der Waals surface area contributed by atoms with Crippen molar-refractivity contribution in [3.63, 3.8) is 0 Å². The smallest absolute Gasteiger partial charge is 0.407 e. The molecule has 0 fully saturated rings. The molecule has 9 nitrogen and oxygen atoms in total. The molecule has 0 aliphatic heterocycles. The van der Waals surface area contributed by atoms with Crippen molar-refractivity contribution in [1.82, 2.24) is 15.1 Å². The first kappa shape index (κ1) is 24.0. The molecule has 1 aliphatic rings. The average Bonchev–Trinajstić information content (AvgIpc) is 3.37. The van der Waals surface area contributed by atoms with E-state index in [1.807, 2.05) is 31.2 Å². The monoisotopic (exact) mass is 476 g/mol. The molecule has 35 heavy (non-hydrogen) atoms. The van der Waals surface area contributed by atoms with Crippen LogP contribution < -0.4 is 10.6 Å². The summed E-state index contributed by atoms with van der Waals surface area (Å²) < 4.78 is 6.87. The molecule has 0 bridgehead atoms. The maximum Gasteiger partial charge on any atom is 0.407 e. The van der Waals surface area contributed by atoms with E-state index < -0.39 is 12.1 Å². The van der Waals surface area contributed by atoms with Crippen molar-refractivity contribution in [2.75, 3.05) is 18.5 Å². The summed E-state index contributed by atoms with van der Waals surface area (Å²) in [4.78, 5) is 35.8. The Hall–Kier alpha value is -4.14. The van der Waals surface area contributed by atoms with Crippen LogP contribution in [0.2, 0.25) is 0 Å². The van der Waals surface area contributed by atoms with E-state index in [-0.39, 0.29) is 42.2 Å². The van der Waals surface area contributed by atoms with Gasteiger partial charge in [0, 0.05) is 32.1 Å². The Morgan fingerprint density at radius 1 is 1.09 bits per heavy atom. The number of hydrogen-bond acceptors (Lipinski definition) is 5. The van der Waals surface area contributed by atoms with Gasteiger partial charge in [0.15, 0.2) is 5.82 Å². The lowest BCUT2D eigenvalue weighted by Crippen LogP contribution is -2.30. The molecule has 1 heterocycles. The number of aryl methyl sites for hydroxylation is 1. The molecule has 9 heteroatoms. The maximum atomic E-state index is 12.3. The van der Waals surface area contributed by atoms with Crippen LogP contribution in [-0.4, -0.2) is 46.0 Å². The van der Waals surface area contributed by atoms with Gasteiger partial charge in [-0.2, -0.15) is 5.10 Å². The number of benzene rings is 2. The molecule has 1 aliphatic carbocycles. The number of carbonyl (C=O) groups excluding carboxylic acids is 2. The SMILES string of the molecule is CC(CCC(=O)Nc1nn(C)cc1C(=O)O)CNC(=O)OCC1c2ccccc2-c2ccccc21. The first-order chi connectivity index (χ1) is 16.8. The number of aromatic carboxylic acids is 1. The van der Waals surface area contributed by atoms with Crippen LogP contribution in [0.15, 0.2) is 54.7 Å². The van der Waals surface area contributed by atoms with Crippen LogP contribution in [0.3, 0.4) is 0 Å². The zero-order valence-electron chi connectivity index (χ0n) is 19.7. The van der Waals surface area contributed by atoms with E-state index >= 15 is 0 Å². The van der Waals surface area contributed by atoms with E-state index in [9.17, 15) is 19.5 Å². The zero-order chi connectivity index (χ0) is 24.9. The first-order valence-electron chi connectivity index (χ1n) is 11.5. The van der Waals surface area contributed by atoms with Gasteiger partial charge in [-0.25, -0.2) is 9.59 Å². The molecular weight excluding hydrogens is 448 g/mol. The predicted octanol–water partition coefficient (Wildman–Crippen LogP) is 4.01. The lowest BCUT2D eigenvalue weighted by atomic mass is 9.98.